The molecule has 2 rings (SSSR count). The van der Waals surface area contributed by atoms with Crippen molar-refractivity contribution in [3.8, 4) is 5.75 Å². The van der Waals surface area contributed by atoms with E-state index in [0.717, 1.165) is 11.6 Å². The normalized spacial score (nSPS) is 10.0. The van der Waals surface area contributed by atoms with Gasteiger partial charge >= 0.3 is 0 Å². The maximum atomic E-state index is 12.0. The van der Waals surface area contributed by atoms with Crippen LogP contribution >= 0.6 is 0 Å². The van der Waals surface area contributed by atoms with Gasteiger partial charge in [-0.15, -0.1) is 0 Å². The van der Waals surface area contributed by atoms with Gasteiger partial charge in [-0.3, -0.25) is 19.7 Å². The van der Waals surface area contributed by atoms with Gasteiger partial charge in [0.2, 0.25) is 5.91 Å². The molecule has 25 heavy (non-hydrogen) atoms. The van der Waals surface area contributed by atoms with Crippen LogP contribution in [0.3, 0.4) is 0 Å². The van der Waals surface area contributed by atoms with E-state index in [4.69, 9.17) is 4.74 Å². The molecule has 0 fully saturated rings. The number of rotatable bonds is 6. The van der Waals surface area contributed by atoms with E-state index in [1.165, 1.54) is 25.3 Å². The molecule has 0 bridgehead atoms. The first-order valence-corrected chi connectivity index (χ1v) is 7.38. The molecule has 8 heteroatoms. The zero-order chi connectivity index (χ0) is 18.4. The monoisotopic (exact) mass is 343 g/mol. The highest BCUT2D eigenvalue weighted by Crippen LogP contribution is 2.24. The Balaban J connectivity index is 1.98. The van der Waals surface area contributed by atoms with E-state index < -0.39 is 16.7 Å². The van der Waals surface area contributed by atoms with Crippen molar-refractivity contribution in [2.45, 2.75) is 6.92 Å². The van der Waals surface area contributed by atoms with E-state index in [9.17, 15) is 19.7 Å². The highest BCUT2D eigenvalue weighted by molar-refractivity contribution is 6.00. The van der Waals surface area contributed by atoms with Crippen LogP contribution in [0.4, 0.5) is 11.4 Å². The summed E-state index contributed by atoms with van der Waals surface area (Å²) in [5.41, 5.74) is 1.35. The standard InChI is InChI=1S/C17H17N3O5/c1-11-6-7-15(25-2)14(8-11)19-16(21)10-18-17(22)12-4-3-5-13(9-12)20(23)24/h3-9H,10H2,1-2H3,(H,18,22)(H,19,21). The fraction of sp³-hybridized carbons (Fsp3) is 0.176. The van der Waals surface area contributed by atoms with Crippen LogP contribution < -0.4 is 15.4 Å². The molecule has 0 aliphatic heterocycles. The first-order chi connectivity index (χ1) is 11.9. The second-order valence-electron chi connectivity index (χ2n) is 5.24. The summed E-state index contributed by atoms with van der Waals surface area (Å²) in [5.74, 6) is -0.512. The average molecular weight is 343 g/mol. The second kappa shape index (κ2) is 7.91. The van der Waals surface area contributed by atoms with Crippen molar-refractivity contribution >= 4 is 23.2 Å². The van der Waals surface area contributed by atoms with Crippen molar-refractivity contribution in [3.63, 3.8) is 0 Å². The zero-order valence-electron chi connectivity index (χ0n) is 13.7. The van der Waals surface area contributed by atoms with Crippen molar-refractivity contribution in [1.29, 1.82) is 0 Å². The Labute approximate surface area is 144 Å². The van der Waals surface area contributed by atoms with Crippen LogP contribution in [0.5, 0.6) is 5.75 Å². The van der Waals surface area contributed by atoms with Crippen molar-refractivity contribution in [2.24, 2.45) is 0 Å². The molecule has 2 aromatic rings. The van der Waals surface area contributed by atoms with Crippen LogP contribution in [-0.2, 0) is 4.79 Å². The number of nitro benzene ring substituents is 1. The van der Waals surface area contributed by atoms with Crippen molar-refractivity contribution in [1.82, 2.24) is 5.32 Å². The Morgan fingerprint density at radius 1 is 1.20 bits per heavy atom. The molecule has 0 unspecified atom stereocenters. The van der Waals surface area contributed by atoms with Crippen molar-refractivity contribution < 1.29 is 19.2 Å². The van der Waals surface area contributed by atoms with E-state index in [1.54, 1.807) is 12.1 Å². The summed E-state index contributed by atoms with van der Waals surface area (Å²) in [6.07, 6.45) is 0. The van der Waals surface area contributed by atoms with Gasteiger partial charge in [-0.25, -0.2) is 0 Å². The van der Waals surface area contributed by atoms with Crippen LogP contribution in [0.2, 0.25) is 0 Å². The molecule has 0 heterocycles. The number of non-ortho nitro benzene ring substituents is 1. The number of methoxy groups -OCH3 is 1. The summed E-state index contributed by atoms with van der Waals surface area (Å²) in [7, 11) is 1.49. The molecule has 2 amide bonds. The largest absolute Gasteiger partial charge is 0.495 e. The molecule has 0 saturated heterocycles. The summed E-state index contributed by atoms with van der Waals surface area (Å²) in [4.78, 5) is 34.2. The molecule has 0 saturated carbocycles. The zero-order valence-corrected chi connectivity index (χ0v) is 13.7. The minimum absolute atomic E-state index is 0.107. The lowest BCUT2D eigenvalue weighted by Crippen LogP contribution is -2.32. The third kappa shape index (κ3) is 4.77. The predicted octanol–water partition coefficient (Wildman–Crippen LogP) is 2.28. The Bertz CT molecular complexity index is 820. The Kier molecular flexibility index (Phi) is 5.67. The summed E-state index contributed by atoms with van der Waals surface area (Å²) in [5, 5.41) is 15.8. The molecule has 2 N–H and O–H groups in total. The fourth-order valence-corrected chi connectivity index (χ4v) is 2.14. The van der Waals surface area contributed by atoms with E-state index >= 15 is 0 Å². The summed E-state index contributed by atoms with van der Waals surface area (Å²) >= 11 is 0. The lowest BCUT2D eigenvalue weighted by Gasteiger charge is -2.11. The molecule has 0 spiro atoms. The predicted molar refractivity (Wildman–Crippen MR) is 91.8 cm³/mol. The molecule has 2 aromatic carbocycles. The number of anilines is 1. The quantitative estimate of drug-likeness (QED) is 0.617. The third-order valence-corrected chi connectivity index (χ3v) is 3.36. The van der Waals surface area contributed by atoms with Crippen LogP contribution in [-0.4, -0.2) is 30.4 Å². The number of aryl methyl sites for hydroxylation is 1. The Morgan fingerprint density at radius 2 is 1.96 bits per heavy atom. The maximum absolute atomic E-state index is 12.0. The van der Waals surface area contributed by atoms with Crippen LogP contribution in [0, 0.1) is 17.0 Å². The van der Waals surface area contributed by atoms with E-state index in [-0.39, 0.29) is 17.8 Å². The smallest absolute Gasteiger partial charge is 0.270 e. The van der Waals surface area contributed by atoms with Gasteiger partial charge in [0.05, 0.1) is 24.3 Å². The fourth-order valence-electron chi connectivity index (χ4n) is 2.14. The Hall–Kier alpha value is -3.42. The minimum Gasteiger partial charge on any atom is -0.495 e. The molecule has 8 nitrogen and oxygen atoms in total. The number of carbonyl (C=O) groups is 2. The molecule has 0 aliphatic rings. The average Bonchev–Trinajstić information content (AvgIpc) is 2.60. The SMILES string of the molecule is COc1ccc(C)cc1NC(=O)CNC(=O)c1cccc([N+](=O)[O-])c1. The van der Waals surface area contributed by atoms with Gasteiger partial charge in [0.25, 0.3) is 11.6 Å². The van der Waals surface area contributed by atoms with E-state index in [1.807, 2.05) is 13.0 Å². The number of nitrogens with one attached hydrogen (secondary N) is 2. The molecule has 0 radical (unpaired) electrons. The number of ether oxygens (including phenoxy) is 1. The molecule has 0 aromatic heterocycles. The molecule has 0 atom stereocenters. The number of benzene rings is 2. The van der Waals surface area contributed by atoms with Gasteiger partial charge in [0, 0.05) is 17.7 Å². The number of nitro groups is 1. The minimum atomic E-state index is -0.590. The van der Waals surface area contributed by atoms with Crippen LogP contribution in [0.25, 0.3) is 0 Å². The Morgan fingerprint density at radius 3 is 2.64 bits per heavy atom. The molecule has 130 valence electrons. The highest BCUT2D eigenvalue weighted by atomic mass is 16.6. The van der Waals surface area contributed by atoms with E-state index in [2.05, 4.69) is 10.6 Å². The highest BCUT2D eigenvalue weighted by Gasteiger charge is 2.13. The number of carbonyl (C=O) groups excluding carboxylic acids is 2. The summed E-state index contributed by atoms with van der Waals surface area (Å²) in [6.45, 7) is 1.60. The van der Waals surface area contributed by atoms with Gasteiger partial charge in [-0.05, 0) is 30.7 Å². The summed E-state index contributed by atoms with van der Waals surface area (Å²) < 4.78 is 5.17. The first-order valence-electron chi connectivity index (χ1n) is 7.38. The molecular weight excluding hydrogens is 326 g/mol. The lowest BCUT2D eigenvalue weighted by atomic mass is 10.2. The molecule has 0 aliphatic carbocycles. The summed E-state index contributed by atoms with van der Waals surface area (Å²) in [6, 6.07) is 10.6. The number of hydrogen-bond donors (Lipinski definition) is 2. The number of amides is 2. The van der Waals surface area contributed by atoms with Crippen LogP contribution in [0.1, 0.15) is 15.9 Å². The topological polar surface area (TPSA) is 111 Å². The van der Waals surface area contributed by atoms with Crippen molar-refractivity contribution in [3.05, 3.63) is 63.7 Å². The molecular formula is C17H17N3O5. The lowest BCUT2D eigenvalue weighted by molar-refractivity contribution is -0.384. The maximum Gasteiger partial charge on any atom is 0.270 e. The van der Waals surface area contributed by atoms with Gasteiger partial charge in [0.1, 0.15) is 5.75 Å². The second-order valence-corrected chi connectivity index (χ2v) is 5.24. The van der Waals surface area contributed by atoms with Gasteiger partial charge in [0.15, 0.2) is 0 Å². The van der Waals surface area contributed by atoms with Crippen molar-refractivity contribution in [2.75, 3.05) is 19.0 Å². The van der Waals surface area contributed by atoms with E-state index in [0.29, 0.717) is 11.4 Å². The van der Waals surface area contributed by atoms with Gasteiger partial charge in [-0.1, -0.05) is 12.1 Å². The van der Waals surface area contributed by atoms with Gasteiger partial charge in [-0.2, -0.15) is 0 Å². The number of nitrogens with zero attached hydrogens (tertiary/aromatic N) is 1. The van der Waals surface area contributed by atoms with Crippen LogP contribution in [0.15, 0.2) is 42.5 Å². The third-order valence-electron chi connectivity index (χ3n) is 3.36. The first kappa shape index (κ1) is 17.9. The number of hydrogen-bond acceptors (Lipinski definition) is 5. The van der Waals surface area contributed by atoms with Gasteiger partial charge < -0.3 is 15.4 Å².